The fourth-order valence-corrected chi connectivity index (χ4v) is 1.97. The van der Waals surface area contributed by atoms with Gasteiger partial charge in [0.05, 0.1) is 6.10 Å². The van der Waals surface area contributed by atoms with Gasteiger partial charge in [0.2, 0.25) is 0 Å². The van der Waals surface area contributed by atoms with Crippen molar-refractivity contribution in [1.29, 1.82) is 0 Å². The number of aliphatic hydroxyl groups excluding tert-OH is 1. The van der Waals surface area contributed by atoms with Crippen molar-refractivity contribution in [2.45, 2.75) is 19.6 Å². The molecule has 0 fully saturated rings. The SMILES string of the molecule is C[C@@H](O)CNCCOc1ccccc1OCc1ccccc1. The molecule has 0 saturated heterocycles. The molecule has 0 aliphatic heterocycles. The molecule has 2 rings (SSSR count). The number of nitrogens with one attached hydrogen (secondary N) is 1. The Kier molecular flexibility index (Phi) is 6.74. The van der Waals surface area contributed by atoms with E-state index in [9.17, 15) is 0 Å². The van der Waals surface area contributed by atoms with Gasteiger partial charge in [-0.2, -0.15) is 0 Å². The maximum Gasteiger partial charge on any atom is 0.161 e. The smallest absolute Gasteiger partial charge is 0.161 e. The van der Waals surface area contributed by atoms with Crippen LogP contribution >= 0.6 is 0 Å². The summed E-state index contributed by atoms with van der Waals surface area (Å²) in [5.74, 6) is 1.47. The number of benzene rings is 2. The van der Waals surface area contributed by atoms with Gasteiger partial charge >= 0.3 is 0 Å². The summed E-state index contributed by atoms with van der Waals surface area (Å²) in [6, 6.07) is 17.7. The number of para-hydroxylation sites is 2. The molecule has 4 nitrogen and oxygen atoms in total. The fourth-order valence-electron chi connectivity index (χ4n) is 1.97. The Bertz CT molecular complexity index is 543. The molecule has 0 aromatic heterocycles. The van der Waals surface area contributed by atoms with Gasteiger partial charge in [0.1, 0.15) is 13.2 Å². The third-order valence-electron chi connectivity index (χ3n) is 3.06. The molecule has 0 aliphatic carbocycles. The first kappa shape index (κ1) is 16.3. The minimum Gasteiger partial charge on any atom is -0.488 e. The van der Waals surface area contributed by atoms with Crippen molar-refractivity contribution < 1.29 is 14.6 Å². The van der Waals surface area contributed by atoms with Crippen molar-refractivity contribution in [1.82, 2.24) is 5.32 Å². The van der Waals surface area contributed by atoms with Gasteiger partial charge in [0, 0.05) is 13.1 Å². The third-order valence-corrected chi connectivity index (χ3v) is 3.06. The van der Waals surface area contributed by atoms with Crippen LogP contribution in [0.15, 0.2) is 54.6 Å². The van der Waals surface area contributed by atoms with Crippen LogP contribution in [0.1, 0.15) is 12.5 Å². The third kappa shape index (κ3) is 5.76. The van der Waals surface area contributed by atoms with Crippen LogP contribution in [0.25, 0.3) is 0 Å². The fraction of sp³-hybridized carbons (Fsp3) is 0.333. The van der Waals surface area contributed by atoms with E-state index < -0.39 is 0 Å². The molecule has 0 unspecified atom stereocenters. The zero-order chi connectivity index (χ0) is 15.6. The van der Waals surface area contributed by atoms with E-state index in [-0.39, 0.29) is 6.10 Å². The molecule has 0 amide bonds. The Hall–Kier alpha value is -2.04. The van der Waals surface area contributed by atoms with E-state index in [1.165, 1.54) is 0 Å². The predicted molar refractivity (Wildman–Crippen MR) is 87.3 cm³/mol. The van der Waals surface area contributed by atoms with Crippen LogP contribution in [0.5, 0.6) is 11.5 Å². The van der Waals surface area contributed by atoms with Crippen molar-refractivity contribution >= 4 is 0 Å². The molecule has 0 saturated carbocycles. The molecule has 0 aliphatic rings. The second kappa shape index (κ2) is 9.07. The minimum absolute atomic E-state index is 0.346. The van der Waals surface area contributed by atoms with Crippen LogP contribution in [0, 0.1) is 0 Å². The molecule has 4 heteroatoms. The van der Waals surface area contributed by atoms with Gasteiger partial charge in [-0.25, -0.2) is 0 Å². The van der Waals surface area contributed by atoms with Gasteiger partial charge < -0.3 is 19.9 Å². The molecular formula is C18H23NO3. The number of rotatable bonds is 9. The number of hydrogen-bond donors (Lipinski definition) is 2. The van der Waals surface area contributed by atoms with Crippen molar-refractivity contribution in [2.75, 3.05) is 19.7 Å². The predicted octanol–water partition coefficient (Wildman–Crippen LogP) is 2.61. The van der Waals surface area contributed by atoms with Crippen LogP contribution < -0.4 is 14.8 Å². The summed E-state index contributed by atoms with van der Waals surface area (Å²) in [6.07, 6.45) is -0.346. The van der Waals surface area contributed by atoms with Crippen LogP contribution in [0.3, 0.4) is 0 Å². The summed E-state index contributed by atoms with van der Waals surface area (Å²) < 4.78 is 11.6. The first-order valence-electron chi connectivity index (χ1n) is 7.53. The highest BCUT2D eigenvalue weighted by atomic mass is 16.5. The maximum atomic E-state index is 9.17. The summed E-state index contributed by atoms with van der Waals surface area (Å²) in [5.41, 5.74) is 1.12. The molecule has 0 bridgehead atoms. The van der Waals surface area contributed by atoms with E-state index in [0.717, 1.165) is 17.1 Å². The van der Waals surface area contributed by atoms with Crippen molar-refractivity contribution in [3.63, 3.8) is 0 Å². The Morgan fingerprint density at radius 3 is 2.27 bits per heavy atom. The monoisotopic (exact) mass is 301 g/mol. The Balaban J connectivity index is 1.81. The lowest BCUT2D eigenvalue weighted by Gasteiger charge is -2.13. The largest absolute Gasteiger partial charge is 0.488 e. The molecular weight excluding hydrogens is 278 g/mol. The topological polar surface area (TPSA) is 50.7 Å². The highest BCUT2D eigenvalue weighted by molar-refractivity contribution is 5.39. The van der Waals surface area contributed by atoms with Crippen LogP contribution in [-0.4, -0.2) is 30.9 Å². The summed E-state index contributed by atoms with van der Waals surface area (Å²) >= 11 is 0. The molecule has 2 N–H and O–H groups in total. The van der Waals surface area contributed by atoms with E-state index >= 15 is 0 Å². The lowest BCUT2D eigenvalue weighted by atomic mass is 10.2. The van der Waals surface area contributed by atoms with Crippen LogP contribution in [0.2, 0.25) is 0 Å². The number of hydrogen-bond acceptors (Lipinski definition) is 4. The van der Waals surface area contributed by atoms with Gasteiger partial charge in [0.25, 0.3) is 0 Å². The lowest BCUT2D eigenvalue weighted by molar-refractivity contribution is 0.187. The van der Waals surface area contributed by atoms with Crippen molar-refractivity contribution in [3.05, 3.63) is 60.2 Å². The zero-order valence-corrected chi connectivity index (χ0v) is 12.9. The molecule has 22 heavy (non-hydrogen) atoms. The average molecular weight is 301 g/mol. The van der Waals surface area contributed by atoms with E-state index in [1.54, 1.807) is 6.92 Å². The van der Waals surface area contributed by atoms with Gasteiger partial charge in [-0.3, -0.25) is 0 Å². The summed E-state index contributed by atoms with van der Waals surface area (Å²) in [7, 11) is 0. The van der Waals surface area contributed by atoms with E-state index in [2.05, 4.69) is 5.32 Å². The van der Waals surface area contributed by atoms with Crippen molar-refractivity contribution in [2.24, 2.45) is 0 Å². The molecule has 2 aromatic carbocycles. The first-order valence-corrected chi connectivity index (χ1v) is 7.53. The average Bonchev–Trinajstić information content (AvgIpc) is 2.54. The van der Waals surface area contributed by atoms with Gasteiger partial charge in [0.15, 0.2) is 11.5 Å². The summed E-state index contributed by atoms with van der Waals surface area (Å²) in [5, 5.41) is 12.3. The molecule has 2 aromatic rings. The number of ether oxygens (including phenoxy) is 2. The Morgan fingerprint density at radius 2 is 1.59 bits per heavy atom. The van der Waals surface area contributed by atoms with E-state index in [4.69, 9.17) is 14.6 Å². The quantitative estimate of drug-likeness (QED) is 0.699. The highest BCUT2D eigenvalue weighted by Gasteiger charge is 2.04. The molecule has 0 spiro atoms. The zero-order valence-electron chi connectivity index (χ0n) is 12.9. The highest BCUT2D eigenvalue weighted by Crippen LogP contribution is 2.27. The second-order valence-corrected chi connectivity index (χ2v) is 5.12. The minimum atomic E-state index is -0.346. The number of aliphatic hydroxyl groups is 1. The maximum absolute atomic E-state index is 9.17. The molecule has 1 atom stereocenters. The van der Waals surface area contributed by atoms with E-state index in [1.807, 2.05) is 54.6 Å². The van der Waals surface area contributed by atoms with Crippen LogP contribution in [0.4, 0.5) is 0 Å². The van der Waals surface area contributed by atoms with Gasteiger partial charge in [-0.15, -0.1) is 0 Å². The Labute approximate surface area is 131 Å². The Morgan fingerprint density at radius 1 is 0.955 bits per heavy atom. The summed E-state index contributed by atoms with van der Waals surface area (Å²) in [4.78, 5) is 0. The molecule has 0 radical (unpaired) electrons. The summed E-state index contributed by atoms with van der Waals surface area (Å²) in [6.45, 7) is 4.04. The first-order chi connectivity index (χ1) is 10.8. The second-order valence-electron chi connectivity index (χ2n) is 5.12. The normalized spacial score (nSPS) is 11.9. The molecule has 118 valence electrons. The van der Waals surface area contributed by atoms with Gasteiger partial charge in [-0.1, -0.05) is 42.5 Å². The lowest BCUT2D eigenvalue weighted by Crippen LogP contribution is -2.28. The van der Waals surface area contributed by atoms with Crippen LogP contribution in [-0.2, 0) is 6.61 Å². The van der Waals surface area contributed by atoms with E-state index in [0.29, 0.717) is 26.3 Å². The van der Waals surface area contributed by atoms with Gasteiger partial charge in [-0.05, 0) is 24.6 Å². The van der Waals surface area contributed by atoms with Crippen molar-refractivity contribution in [3.8, 4) is 11.5 Å². The molecule has 0 heterocycles. The standard InChI is InChI=1S/C18H23NO3/c1-15(20)13-19-11-12-21-17-9-5-6-10-18(17)22-14-16-7-3-2-4-8-16/h2-10,15,19-20H,11-14H2,1H3/t15-/m1/s1.